The summed E-state index contributed by atoms with van der Waals surface area (Å²) in [4.78, 5) is 19.7. The Hall–Kier alpha value is -3.08. The molecule has 0 saturated heterocycles. The summed E-state index contributed by atoms with van der Waals surface area (Å²) in [6.07, 6.45) is 5.96. The lowest BCUT2D eigenvalue weighted by Gasteiger charge is -2.26. The van der Waals surface area contributed by atoms with Crippen LogP contribution in [0.5, 0.6) is 0 Å². The minimum Gasteiger partial charge on any atom is -0.355 e. The number of nitrogens with one attached hydrogen (secondary N) is 3. The summed E-state index contributed by atoms with van der Waals surface area (Å²) in [5, 5.41) is 6.57. The van der Waals surface area contributed by atoms with E-state index in [1.165, 1.54) is 11.1 Å². The molecule has 2 aromatic carbocycles. The first kappa shape index (κ1) is 14.3. The zero-order valence-electron chi connectivity index (χ0n) is 13.7. The van der Waals surface area contributed by atoms with Crippen LogP contribution in [0.3, 0.4) is 0 Å². The molecule has 1 aromatic heterocycles. The Kier molecular flexibility index (Phi) is 3.13. The molecule has 1 amide bonds. The zero-order valence-corrected chi connectivity index (χ0v) is 13.7. The van der Waals surface area contributed by atoms with Crippen LogP contribution in [0.15, 0.2) is 48.8 Å². The van der Waals surface area contributed by atoms with E-state index in [9.17, 15) is 4.79 Å². The second-order valence-corrected chi connectivity index (χ2v) is 6.66. The number of amides is 1. The highest BCUT2D eigenvalue weighted by Gasteiger charge is 2.29. The highest BCUT2D eigenvalue weighted by Crippen LogP contribution is 2.41. The van der Waals surface area contributed by atoms with Gasteiger partial charge in [0.05, 0.1) is 5.92 Å². The Morgan fingerprint density at radius 3 is 2.72 bits per heavy atom. The number of benzene rings is 2. The van der Waals surface area contributed by atoms with Gasteiger partial charge in [0.25, 0.3) is 0 Å². The van der Waals surface area contributed by atoms with Crippen molar-refractivity contribution in [3.8, 4) is 0 Å². The molecule has 124 valence electrons. The predicted octanol–water partition coefficient (Wildman–Crippen LogP) is 3.73. The highest BCUT2D eigenvalue weighted by molar-refractivity contribution is 5.96. The van der Waals surface area contributed by atoms with E-state index >= 15 is 0 Å². The van der Waals surface area contributed by atoms with E-state index in [1.54, 1.807) is 6.20 Å². The first-order valence-electron chi connectivity index (χ1n) is 8.59. The quantitative estimate of drug-likeness (QED) is 0.637. The second kappa shape index (κ2) is 5.48. The summed E-state index contributed by atoms with van der Waals surface area (Å²) in [5.41, 5.74) is 6.84. The van der Waals surface area contributed by atoms with Crippen LogP contribution in [-0.4, -0.2) is 15.9 Å². The molecule has 5 rings (SSSR count). The molecule has 0 unspecified atom stereocenters. The van der Waals surface area contributed by atoms with E-state index < -0.39 is 0 Å². The molecule has 0 spiro atoms. The van der Waals surface area contributed by atoms with Crippen molar-refractivity contribution in [1.82, 2.24) is 9.97 Å². The molecule has 25 heavy (non-hydrogen) atoms. The van der Waals surface area contributed by atoms with Crippen LogP contribution in [0, 0.1) is 0 Å². The third kappa shape index (κ3) is 2.39. The van der Waals surface area contributed by atoms with Gasteiger partial charge in [-0.25, -0.2) is 4.98 Å². The number of fused-ring (bicyclic) bond motifs is 3. The number of aromatic amines is 1. The topological polar surface area (TPSA) is 69.8 Å². The SMILES string of the molecule is O=C1C[C@@H](c2ncc[nH]2)c2cc3c(cc2N1)Nc1ccccc1CC3. The van der Waals surface area contributed by atoms with Crippen molar-refractivity contribution in [3.05, 3.63) is 71.3 Å². The largest absolute Gasteiger partial charge is 0.355 e. The van der Waals surface area contributed by atoms with Crippen molar-refractivity contribution in [2.75, 3.05) is 10.6 Å². The first-order valence-corrected chi connectivity index (χ1v) is 8.59. The molecule has 0 bridgehead atoms. The molecule has 2 aliphatic rings. The summed E-state index contributed by atoms with van der Waals surface area (Å²) in [7, 11) is 0. The fourth-order valence-electron chi connectivity index (χ4n) is 3.87. The van der Waals surface area contributed by atoms with E-state index in [-0.39, 0.29) is 11.8 Å². The molecule has 3 N–H and O–H groups in total. The predicted molar refractivity (Wildman–Crippen MR) is 97.3 cm³/mol. The van der Waals surface area contributed by atoms with Crippen molar-refractivity contribution in [2.45, 2.75) is 25.2 Å². The van der Waals surface area contributed by atoms with Crippen molar-refractivity contribution in [1.29, 1.82) is 0 Å². The Balaban J connectivity index is 1.62. The maximum Gasteiger partial charge on any atom is 0.225 e. The number of rotatable bonds is 1. The monoisotopic (exact) mass is 330 g/mol. The van der Waals surface area contributed by atoms with Crippen LogP contribution < -0.4 is 10.6 Å². The number of carbonyl (C=O) groups is 1. The Bertz CT molecular complexity index is 962. The molecule has 3 aromatic rings. The normalized spacial score (nSPS) is 18.2. The molecule has 0 saturated carbocycles. The molecule has 2 aliphatic heterocycles. The Morgan fingerprint density at radius 1 is 0.960 bits per heavy atom. The number of H-pyrrole nitrogens is 1. The highest BCUT2D eigenvalue weighted by atomic mass is 16.1. The van der Waals surface area contributed by atoms with Gasteiger partial charge in [0.2, 0.25) is 5.91 Å². The van der Waals surface area contributed by atoms with E-state index in [1.807, 2.05) is 12.3 Å². The van der Waals surface area contributed by atoms with E-state index in [0.717, 1.165) is 41.3 Å². The number of hydrogen-bond acceptors (Lipinski definition) is 3. The van der Waals surface area contributed by atoms with Gasteiger partial charge in [0, 0.05) is 35.9 Å². The van der Waals surface area contributed by atoms with Gasteiger partial charge in [-0.05, 0) is 41.7 Å². The van der Waals surface area contributed by atoms with Crippen LogP contribution in [-0.2, 0) is 17.6 Å². The number of nitrogens with zero attached hydrogens (tertiary/aromatic N) is 1. The van der Waals surface area contributed by atoms with Crippen LogP contribution in [0.2, 0.25) is 0 Å². The Morgan fingerprint density at radius 2 is 1.84 bits per heavy atom. The summed E-state index contributed by atoms with van der Waals surface area (Å²) in [6.45, 7) is 0. The minimum absolute atomic E-state index is 0.0188. The van der Waals surface area contributed by atoms with E-state index in [2.05, 4.69) is 50.9 Å². The maximum atomic E-state index is 12.2. The zero-order chi connectivity index (χ0) is 16.8. The fraction of sp³-hybridized carbons (Fsp3) is 0.200. The van der Waals surface area contributed by atoms with Crippen molar-refractivity contribution in [3.63, 3.8) is 0 Å². The van der Waals surface area contributed by atoms with Crippen LogP contribution >= 0.6 is 0 Å². The van der Waals surface area contributed by atoms with Gasteiger partial charge in [-0.15, -0.1) is 0 Å². The van der Waals surface area contributed by atoms with Crippen LogP contribution in [0.1, 0.15) is 34.9 Å². The average molecular weight is 330 g/mol. The van der Waals surface area contributed by atoms with Crippen molar-refractivity contribution in [2.24, 2.45) is 0 Å². The fourth-order valence-corrected chi connectivity index (χ4v) is 3.87. The second-order valence-electron chi connectivity index (χ2n) is 6.66. The number of anilines is 3. The van der Waals surface area contributed by atoms with Crippen LogP contribution in [0.4, 0.5) is 17.1 Å². The summed E-state index contributed by atoms with van der Waals surface area (Å²) in [6, 6.07) is 12.7. The van der Waals surface area contributed by atoms with Gasteiger partial charge < -0.3 is 15.6 Å². The van der Waals surface area contributed by atoms with Gasteiger partial charge in [0.15, 0.2) is 0 Å². The van der Waals surface area contributed by atoms with Crippen LogP contribution in [0.25, 0.3) is 0 Å². The van der Waals surface area contributed by atoms with Crippen molar-refractivity contribution >= 4 is 23.0 Å². The smallest absolute Gasteiger partial charge is 0.225 e. The number of carbonyl (C=O) groups excluding carboxylic acids is 1. The van der Waals surface area contributed by atoms with Gasteiger partial charge in [-0.3, -0.25) is 4.79 Å². The molecular weight excluding hydrogens is 312 g/mol. The van der Waals surface area contributed by atoms with Gasteiger partial charge in [0.1, 0.15) is 5.82 Å². The third-order valence-corrected chi connectivity index (χ3v) is 5.11. The van der Waals surface area contributed by atoms with E-state index in [0.29, 0.717) is 6.42 Å². The third-order valence-electron chi connectivity index (χ3n) is 5.11. The summed E-state index contributed by atoms with van der Waals surface area (Å²) >= 11 is 0. The minimum atomic E-state index is -0.0188. The van der Waals surface area contributed by atoms with E-state index in [4.69, 9.17) is 0 Å². The molecule has 0 aliphatic carbocycles. The Labute approximate surface area is 145 Å². The molecule has 1 atom stereocenters. The first-order chi connectivity index (χ1) is 12.3. The molecule has 5 nitrogen and oxygen atoms in total. The number of aryl methyl sites for hydroxylation is 2. The van der Waals surface area contributed by atoms with Gasteiger partial charge >= 0.3 is 0 Å². The average Bonchev–Trinajstić information content (AvgIpc) is 3.08. The molecule has 3 heterocycles. The number of imidazole rings is 1. The molecule has 0 radical (unpaired) electrons. The standard InChI is InChI=1S/C20H18N4O/c25-19-10-15(20-21-7-8-22-20)14-9-13-6-5-12-3-1-2-4-16(12)23-17(13)11-18(14)24-19/h1-4,7-9,11,15,23H,5-6,10H2,(H,21,22)(H,24,25)/t15-/m1/s1. The molecule has 0 fully saturated rings. The molecular formula is C20H18N4O. The lowest BCUT2D eigenvalue weighted by atomic mass is 9.87. The number of aromatic nitrogens is 2. The number of para-hydroxylation sites is 1. The summed E-state index contributed by atoms with van der Waals surface area (Å²) < 4.78 is 0. The molecule has 5 heteroatoms. The lowest BCUT2D eigenvalue weighted by molar-refractivity contribution is -0.116. The number of hydrogen-bond donors (Lipinski definition) is 3. The lowest BCUT2D eigenvalue weighted by Crippen LogP contribution is -2.24. The maximum absolute atomic E-state index is 12.2. The van der Waals surface area contributed by atoms with Crippen molar-refractivity contribution < 1.29 is 4.79 Å². The summed E-state index contributed by atoms with van der Waals surface area (Å²) in [5.74, 6) is 0.860. The van der Waals surface area contributed by atoms with Gasteiger partial charge in [-0.1, -0.05) is 24.3 Å². The van der Waals surface area contributed by atoms with Gasteiger partial charge in [-0.2, -0.15) is 0 Å².